The molecule has 248 valence electrons. The molecule has 2 rings (SSSR count). The molecule has 1 aromatic carbocycles. The van der Waals surface area contributed by atoms with Gasteiger partial charge in [-0.15, -0.1) is 0 Å². The number of nitrogens with one attached hydrogen (secondary N) is 5. The highest BCUT2D eigenvalue weighted by Crippen LogP contribution is 2.20. The number of benzene rings is 1. The van der Waals surface area contributed by atoms with Crippen LogP contribution in [-0.2, 0) is 35.2 Å². The van der Waals surface area contributed by atoms with Crippen molar-refractivity contribution < 1.29 is 39.0 Å². The lowest BCUT2D eigenvalue weighted by Crippen LogP contribution is -2.60. The Kier molecular flexibility index (Phi) is 14.8. The highest BCUT2D eigenvalue weighted by atomic mass is 32.2. The summed E-state index contributed by atoms with van der Waals surface area (Å²) in [6, 6.07) is 0.738. The van der Waals surface area contributed by atoms with Crippen LogP contribution in [-0.4, -0.2) is 99.5 Å². The molecule has 0 saturated carbocycles. The van der Waals surface area contributed by atoms with Gasteiger partial charge in [0, 0.05) is 23.5 Å². The summed E-state index contributed by atoms with van der Waals surface area (Å²) in [4.78, 5) is 79.4. The molecular weight excluding hydrogens is 606 g/mol. The molecule has 6 atom stereocenters. The molecule has 1 aromatic heterocycles. The number of thioether (sulfide) groups is 1. The average molecular weight is 650 g/mol. The van der Waals surface area contributed by atoms with E-state index < -0.39 is 84.7 Å². The van der Waals surface area contributed by atoms with Crippen molar-refractivity contribution in [2.24, 2.45) is 17.4 Å². The number of hydrogen-bond acceptors (Lipinski definition) is 9. The van der Waals surface area contributed by atoms with Crippen molar-refractivity contribution in [3.05, 3.63) is 36.0 Å². The molecule has 0 spiro atoms. The number of carboxylic acids is 1. The fourth-order valence-electron chi connectivity index (χ4n) is 4.48. The number of carboxylic acid groups (broad SMARTS) is 1. The summed E-state index contributed by atoms with van der Waals surface area (Å²) in [6.45, 7) is 2.80. The molecule has 2 aromatic rings. The van der Waals surface area contributed by atoms with Gasteiger partial charge >= 0.3 is 5.97 Å². The summed E-state index contributed by atoms with van der Waals surface area (Å²) < 4.78 is 0. The molecule has 11 N–H and O–H groups in total. The van der Waals surface area contributed by atoms with Gasteiger partial charge in [-0.05, 0) is 36.0 Å². The van der Waals surface area contributed by atoms with E-state index in [9.17, 15) is 39.0 Å². The third-order valence-corrected chi connectivity index (χ3v) is 7.97. The maximum absolute atomic E-state index is 13.8. The topological polar surface area (TPSA) is 259 Å². The van der Waals surface area contributed by atoms with Crippen LogP contribution < -0.4 is 32.7 Å². The largest absolute Gasteiger partial charge is 0.480 e. The van der Waals surface area contributed by atoms with Crippen LogP contribution in [0.25, 0.3) is 10.9 Å². The quantitative estimate of drug-likeness (QED) is 0.0871. The molecule has 5 amide bonds. The summed E-state index contributed by atoms with van der Waals surface area (Å²) in [5.41, 5.74) is 12.3. The number of carbonyl (C=O) groups is 6. The van der Waals surface area contributed by atoms with Crippen molar-refractivity contribution in [3.63, 3.8) is 0 Å². The number of fused-ring (bicyclic) bond motifs is 1. The van der Waals surface area contributed by atoms with Crippen LogP contribution in [0.5, 0.6) is 0 Å². The van der Waals surface area contributed by atoms with Crippen LogP contribution in [0.1, 0.15) is 38.7 Å². The first kappa shape index (κ1) is 37.0. The minimum absolute atomic E-state index is 0.0602. The van der Waals surface area contributed by atoms with E-state index in [4.69, 9.17) is 11.5 Å². The van der Waals surface area contributed by atoms with Gasteiger partial charge in [-0.2, -0.15) is 11.8 Å². The summed E-state index contributed by atoms with van der Waals surface area (Å²) in [5.74, 6) is -5.37. The van der Waals surface area contributed by atoms with Gasteiger partial charge in [0.05, 0.1) is 13.0 Å². The van der Waals surface area contributed by atoms with E-state index in [0.29, 0.717) is 17.7 Å². The Hall–Kier alpha value is -4.15. The van der Waals surface area contributed by atoms with Crippen molar-refractivity contribution in [1.82, 2.24) is 26.3 Å². The average Bonchev–Trinajstić information content (AvgIpc) is 3.42. The summed E-state index contributed by atoms with van der Waals surface area (Å²) in [7, 11) is 0. The number of aromatic amines is 1. The number of aliphatic hydroxyl groups excluding tert-OH is 1. The van der Waals surface area contributed by atoms with Gasteiger partial charge < -0.3 is 47.9 Å². The van der Waals surface area contributed by atoms with Gasteiger partial charge in [0.25, 0.3) is 0 Å². The summed E-state index contributed by atoms with van der Waals surface area (Å²) >= 11 is 1.43. The molecule has 1 heterocycles. The number of aliphatic carboxylic acids is 1. The number of carbonyl (C=O) groups excluding carboxylic acids is 5. The molecule has 0 aliphatic rings. The number of primary amides is 1. The lowest BCUT2D eigenvalue weighted by molar-refractivity contribution is -0.142. The first-order valence-electron chi connectivity index (χ1n) is 14.5. The fourth-order valence-corrected chi connectivity index (χ4v) is 4.96. The van der Waals surface area contributed by atoms with Crippen LogP contribution in [0.3, 0.4) is 0 Å². The van der Waals surface area contributed by atoms with E-state index in [1.54, 1.807) is 26.1 Å². The SMILES string of the molecule is CC[C@H](C)[C@H](NC(=O)[C@H](Cc1c[nH]c2ccccc12)NC(=O)[C@H](CC(N)=O)NC(=O)[C@@H](N)CO)C(=O)N[C@@H](CCSC)C(=O)O. The van der Waals surface area contributed by atoms with Crippen molar-refractivity contribution in [1.29, 1.82) is 0 Å². The fraction of sp³-hybridized carbons (Fsp3) is 0.517. The number of nitrogens with two attached hydrogens (primary N) is 2. The predicted octanol–water partition coefficient (Wildman–Crippen LogP) is -1.27. The molecule has 0 aliphatic heterocycles. The standard InChI is InChI=1S/C29H43N7O8S/c1-4-15(2)24(28(42)33-20(29(43)44)9-10-45-3)36-27(41)21(11-16-13-32-19-8-6-5-7-17(16)19)35-26(40)22(12-23(31)38)34-25(39)18(30)14-37/h5-8,13,15,18,20-22,24,32,37H,4,9-12,14,30H2,1-3H3,(H2,31,38)(H,33,42)(H,34,39)(H,35,40)(H,36,41)(H,43,44)/t15-,18-,20-,21-,22-,24-/m0/s1. The first-order chi connectivity index (χ1) is 21.3. The van der Waals surface area contributed by atoms with E-state index in [2.05, 4.69) is 26.3 Å². The van der Waals surface area contributed by atoms with Crippen LogP contribution in [0.4, 0.5) is 0 Å². The monoisotopic (exact) mass is 649 g/mol. The van der Waals surface area contributed by atoms with E-state index in [1.165, 1.54) is 11.8 Å². The van der Waals surface area contributed by atoms with Gasteiger partial charge in [-0.3, -0.25) is 24.0 Å². The second-order valence-electron chi connectivity index (χ2n) is 10.7. The number of H-pyrrole nitrogens is 1. The molecule has 15 nitrogen and oxygen atoms in total. The molecular formula is C29H43N7O8S. The molecule has 0 unspecified atom stereocenters. The Morgan fingerprint density at radius 2 is 1.56 bits per heavy atom. The highest BCUT2D eigenvalue weighted by Gasteiger charge is 2.34. The Balaban J connectivity index is 2.41. The molecule has 0 aliphatic carbocycles. The normalized spacial score (nSPS) is 15.1. The lowest BCUT2D eigenvalue weighted by Gasteiger charge is -2.28. The number of amides is 5. The smallest absolute Gasteiger partial charge is 0.326 e. The van der Waals surface area contributed by atoms with E-state index in [1.807, 2.05) is 24.5 Å². The molecule has 0 saturated heterocycles. The van der Waals surface area contributed by atoms with Crippen molar-refractivity contribution >= 4 is 58.2 Å². The van der Waals surface area contributed by atoms with Gasteiger partial charge in [0.15, 0.2) is 0 Å². The van der Waals surface area contributed by atoms with Crippen LogP contribution in [0, 0.1) is 5.92 Å². The molecule has 0 bridgehead atoms. The zero-order valence-corrected chi connectivity index (χ0v) is 26.3. The summed E-state index contributed by atoms with van der Waals surface area (Å²) in [6.07, 6.45) is 3.43. The minimum atomic E-state index is -1.52. The van der Waals surface area contributed by atoms with Gasteiger partial charge in [-0.25, -0.2) is 4.79 Å². The number of para-hydroxylation sites is 1. The highest BCUT2D eigenvalue weighted by molar-refractivity contribution is 7.98. The predicted molar refractivity (Wildman–Crippen MR) is 169 cm³/mol. The van der Waals surface area contributed by atoms with E-state index in [-0.39, 0.29) is 12.8 Å². The van der Waals surface area contributed by atoms with E-state index in [0.717, 1.165) is 10.9 Å². The van der Waals surface area contributed by atoms with Crippen molar-refractivity contribution in [3.8, 4) is 0 Å². The van der Waals surface area contributed by atoms with Crippen LogP contribution in [0.15, 0.2) is 30.5 Å². The maximum atomic E-state index is 13.8. The Morgan fingerprint density at radius 1 is 0.933 bits per heavy atom. The third-order valence-electron chi connectivity index (χ3n) is 7.32. The second kappa shape index (κ2) is 18.0. The Morgan fingerprint density at radius 3 is 2.16 bits per heavy atom. The molecule has 0 radical (unpaired) electrons. The number of rotatable bonds is 19. The Bertz CT molecular complexity index is 1350. The van der Waals surface area contributed by atoms with Crippen molar-refractivity contribution in [2.75, 3.05) is 18.6 Å². The van der Waals surface area contributed by atoms with Gasteiger partial charge in [-0.1, -0.05) is 38.5 Å². The molecule has 16 heteroatoms. The van der Waals surface area contributed by atoms with Crippen LogP contribution in [0.2, 0.25) is 0 Å². The summed E-state index contributed by atoms with van der Waals surface area (Å²) in [5, 5.41) is 29.6. The van der Waals surface area contributed by atoms with Gasteiger partial charge in [0.2, 0.25) is 29.5 Å². The first-order valence-corrected chi connectivity index (χ1v) is 15.8. The van der Waals surface area contributed by atoms with Gasteiger partial charge in [0.1, 0.15) is 30.2 Å². The maximum Gasteiger partial charge on any atom is 0.326 e. The lowest BCUT2D eigenvalue weighted by atomic mass is 9.96. The second-order valence-corrected chi connectivity index (χ2v) is 11.7. The number of aromatic nitrogens is 1. The number of aliphatic hydroxyl groups is 1. The molecule has 45 heavy (non-hydrogen) atoms. The third kappa shape index (κ3) is 11.1. The zero-order valence-electron chi connectivity index (χ0n) is 25.5. The number of hydrogen-bond donors (Lipinski definition) is 9. The Labute approximate surface area is 265 Å². The zero-order chi connectivity index (χ0) is 33.7. The van der Waals surface area contributed by atoms with E-state index >= 15 is 0 Å². The molecule has 0 fully saturated rings. The van der Waals surface area contributed by atoms with Crippen molar-refractivity contribution in [2.45, 2.75) is 69.7 Å². The van der Waals surface area contributed by atoms with Crippen LogP contribution >= 0.6 is 11.8 Å². The minimum Gasteiger partial charge on any atom is -0.480 e.